The van der Waals surface area contributed by atoms with Gasteiger partial charge in [-0.2, -0.15) is 0 Å². The van der Waals surface area contributed by atoms with Crippen LogP contribution in [0.1, 0.15) is 5.56 Å². The number of anilines is 1. The summed E-state index contributed by atoms with van der Waals surface area (Å²) in [7, 11) is -3.30. The van der Waals surface area contributed by atoms with E-state index in [1.807, 2.05) is 0 Å². The molecule has 2 aromatic rings. The zero-order chi connectivity index (χ0) is 14.8. The van der Waals surface area contributed by atoms with Crippen LogP contribution in [0.2, 0.25) is 0 Å². The van der Waals surface area contributed by atoms with Crippen molar-refractivity contribution in [2.45, 2.75) is 11.4 Å². The van der Waals surface area contributed by atoms with Crippen molar-refractivity contribution in [1.29, 1.82) is 0 Å². The van der Waals surface area contributed by atoms with Crippen molar-refractivity contribution >= 4 is 15.5 Å². The van der Waals surface area contributed by atoms with Crippen molar-refractivity contribution in [2.75, 3.05) is 11.6 Å². The summed E-state index contributed by atoms with van der Waals surface area (Å²) >= 11 is 0. The zero-order valence-corrected chi connectivity index (χ0v) is 11.7. The lowest BCUT2D eigenvalue weighted by atomic mass is 10.2. The Balaban J connectivity index is 2.21. The van der Waals surface area contributed by atoms with Gasteiger partial charge < -0.3 is 15.5 Å². The molecule has 2 rings (SSSR count). The lowest BCUT2D eigenvalue weighted by Gasteiger charge is -2.11. The fourth-order valence-corrected chi connectivity index (χ4v) is 2.68. The first-order chi connectivity index (χ1) is 9.38. The molecule has 0 aliphatic rings. The molecule has 0 saturated heterocycles. The molecule has 0 fully saturated rings. The number of nitrogens with one attached hydrogen (secondary N) is 1. The number of rotatable bonds is 4. The Labute approximate surface area is 117 Å². The first-order valence-electron chi connectivity index (χ1n) is 5.92. The second-order valence-corrected chi connectivity index (χ2v) is 6.43. The minimum Gasteiger partial charge on any atom is -0.504 e. The molecule has 6 heteroatoms. The van der Waals surface area contributed by atoms with Gasteiger partial charge in [0.15, 0.2) is 21.3 Å². The van der Waals surface area contributed by atoms with Gasteiger partial charge in [-0.25, -0.2) is 8.42 Å². The van der Waals surface area contributed by atoms with E-state index in [0.29, 0.717) is 12.2 Å². The van der Waals surface area contributed by atoms with Crippen LogP contribution >= 0.6 is 0 Å². The number of para-hydroxylation sites is 1. The summed E-state index contributed by atoms with van der Waals surface area (Å²) in [4.78, 5) is 0.225. The number of hydrogen-bond donors (Lipinski definition) is 3. The molecule has 0 radical (unpaired) electrons. The molecule has 2 aromatic carbocycles. The highest BCUT2D eigenvalue weighted by Crippen LogP contribution is 2.26. The first kappa shape index (κ1) is 14.2. The van der Waals surface area contributed by atoms with E-state index in [-0.39, 0.29) is 16.4 Å². The van der Waals surface area contributed by atoms with E-state index in [1.54, 1.807) is 24.3 Å². The SMILES string of the molecule is CS(=O)(=O)c1ccccc1NCc1ccc(O)c(O)c1. The maximum absolute atomic E-state index is 11.7. The van der Waals surface area contributed by atoms with Gasteiger partial charge >= 0.3 is 0 Å². The summed E-state index contributed by atoms with van der Waals surface area (Å²) in [5.74, 6) is -0.397. The van der Waals surface area contributed by atoms with E-state index in [0.717, 1.165) is 11.8 Å². The Morgan fingerprint density at radius 2 is 1.75 bits per heavy atom. The van der Waals surface area contributed by atoms with Crippen molar-refractivity contribution < 1.29 is 18.6 Å². The highest BCUT2D eigenvalue weighted by Gasteiger charge is 2.12. The molecule has 0 aliphatic heterocycles. The van der Waals surface area contributed by atoms with E-state index in [1.165, 1.54) is 18.2 Å². The summed E-state index contributed by atoms with van der Waals surface area (Å²) in [5, 5.41) is 21.6. The standard InChI is InChI=1S/C14H15NO4S/c1-20(18,19)14-5-3-2-4-11(14)15-9-10-6-7-12(16)13(17)8-10/h2-8,15-17H,9H2,1H3. The molecule has 0 aliphatic carbocycles. The van der Waals surface area contributed by atoms with Crippen LogP contribution in [0.15, 0.2) is 47.4 Å². The van der Waals surface area contributed by atoms with E-state index in [2.05, 4.69) is 5.32 Å². The molecule has 20 heavy (non-hydrogen) atoms. The third-order valence-electron chi connectivity index (χ3n) is 2.81. The molecular weight excluding hydrogens is 278 g/mol. The quantitative estimate of drug-likeness (QED) is 0.752. The largest absolute Gasteiger partial charge is 0.504 e. The minimum atomic E-state index is -3.30. The first-order valence-corrected chi connectivity index (χ1v) is 7.81. The Kier molecular flexibility index (Phi) is 3.85. The molecule has 106 valence electrons. The van der Waals surface area contributed by atoms with Gasteiger partial charge in [-0.15, -0.1) is 0 Å². The van der Waals surface area contributed by atoms with Crippen molar-refractivity contribution in [3.05, 3.63) is 48.0 Å². The maximum atomic E-state index is 11.7. The summed E-state index contributed by atoms with van der Waals surface area (Å²) in [6.07, 6.45) is 1.15. The number of sulfone groups is 1. The summed E-state index contributed by atoms with van der Waals surface area (Å²) in [5.41, 5.74) is 1.23. The van der Waals surface area contributed by atoms with Gasteiger partial charge in [-0.1, -0.05) is 18.2 Å². The van der Waals surface area contributed by atoms with E-state index in [4.69, 9.17) is 0 Å². The lowest BCUT2D eigenvalue weighted by molar-refractivity contribution is 0.403. The molecule has 0 atom stereocenters. The van der Waals surface area contributed by atoms with Crippen molar-refractivity contribution in [2.24, 2.45) is 0 Å². The van der Waals surface area contributed by atoms with E-state index < -0.39 is 9.84 Å². The van der Waals surface area contributed by atoms with Crippen LogP contribution in [0.3, 0.4) is 0 Å². The van der Waals surface area contributed by atoms with Gasteiger partial charge in [0.2, 0.25) is 0 Å². The molecular formula is C14H15NO4S. The fourth-order valence-electron chi connectivity index (χ4n) is 1.81. The van der Waals surface area contributed by atoms with Crippen LogP contribution in [0.4, 0.5) is 5.69 Å². The van der Waals surface area contributed by atoms with Crippen molar-refractivity contribution in [1.82, 2.24) is 0 Å². The molecule has 0 aromatic heterocycles. The zero-order valence-electron chi connectivity index (χ0n) is 10.9. The van der Waals surface area contributed by atoms with Crippen LogP contribution < -0.4 is 5.32 Å². The second kappa shape index (κ2) is 5.42. The van der Waals surface area contributed by atoms with Crippen LogP contribution in [0, 0.1) is 0 Å². The summed E-state index contributed by atoms with van der Waals surface area (Å²) in [6.45, 7) is 0.334. The Bertz CT molecular complexity index is 726. The van der Waals surface area contributed by atoms with Gasteiger partial charge in [-0.05, 0) is 29.8 Å². The molecule has 0 heterocycles. The Morgan fingerprint density at radius 1 is 1.05 bits per heavy atom. The predicted octanol–water partition coefficient (Wildman–Crippen LogP) is 2.11. The molecule has 5 nitrogen and oxygen atoms in total. The van der Waals surface area contributed by atoms with Crippen molar-refractivity contribution in [3.8, 4) is 11.5 Å². The van der Waals surface area contributed by atoms with Gasteiger partial charge in [0.05, 0.1) is 10.6 Å². The van der Waals surface area contributed by atoms with Gasteiger partial charge in [-0.3, -0.25) is 0 Å². The fraction of sp³-hybridized carbons (Fsp3) is 0.143. The average molecular weight is 293 g/mol. The Hall–Kier alpha value is -2.21. The third kappa shape index (κ3) is 3.21. The number of hydrogen-bond acceptors (Lipinski definition) is 5. The van der Waals surface area contributed by atoms with Crippen LogP contribution in [0.25, 0.3) is 0 Å². The highest BCUT2D eigenvalue weighted by molar-refractivity contribution is 7.90. The number of aromatic hydroxyl groups is 2. The molecule has 3 N–H and O–H groups in total. The van der Waals surface area contributed by atoms with Crippen LogP contribution in [-0.2, 0) is 16.4 Å². The van der Waals surface area contributed by atoms with Crippen LogP contribution in [-0.4, -0.2) is 24.9 Å². The summed E-state index contributed by atoms with van der Waals surface area (Å²) < 4.78 is 23.3. The maximum Gasteiger partial charge on any atom is 0.177 e. The molecule has 0 unspecified atom stereocenters. The van der Waals surface area contributed by atoms with E-state index >= 15 is 0 Å². The highest BCUT2D eigenvalue weighted by atomic mass is 32.2. The number of phenols is 2. The Morgan fingerprint density at radius 3 is 2.40 bits per heavy atom. The molecule has 0 saturated carbocycles. The van der Waals surface area contributed by atoms with Gasteiger partial charge in [0.1, 0.15) is 0 Å². The third-order valence-corrected chi connectivity index (χ3v) is 3.96. The van der Waals surface area contributed by atoms with Gasteiger partial charge in [0.25, 0.3) is 0 Å². The molecule has 0 amide bonds. The van der Waals surface area contributed by atoms with Crippen LogP contribution in [0.5, 0.6) is 11.5 Å². The topological polar surface area (TPSA) is 86.6 Å². The second-order valence-electron chi connectivity index (χ2n) is 4.44. The van der Waals surface area contributed by atoms with E-state index in [9.17, 15) is 18.6 Å². The monoisotopic (exact) mass is 293 g/mol. The van der Waals surface area contributed by atoms with Crippen molar-refractivity contribution in [3.63, 3.8) is 0 Å². The minimum absolute atomic E-state index is 0.190. The lowest BCUT2D eigenvalue weighted by Crippen LogP contribution is -2.06. The molecule has 0 bridgehead atoms. The summed E-state index contributed by atoms with van der Waals surface area (Å²) in [6, 6.07) is 11.1. The average Bonchev–Trinajstić information content (AvgIpc) is 2.39. The normalized spacial score (nSPS) is 11.2. The van der Waals surface area contributed by atoms with Gasteiger partial charge in [0, 0.05) is 12.8 Å². The number of phenolic OH excluding ortho intramolecular Hbond substituents is 2. The predicted molar refractivity (Wildman–Crippen MR) is 76.7 cm³/mol. The molecule has 0 spiro atoms. The smallest absolute Gasteiger partial charge is 0.177 e. The number of benzene rings is 2.